The molecule has 0 saturated heterocycles. The van der Waals surface area contributed by atoms with Crippen molar-refractivity contribution in [1.29, 1.82) is 0 Å². The molecule has 0 aliphatic heterocycles. The molecule has 0 N–H and O–H groups in total. The minimum absolute atomic E-state index is 0.128. The van der Waals surface area contributed by atoms with Crippen molar-refractivity contribution in [1.82, 2.24) is 10.2 Å². The minimum Gasteiger partial charge on any atom is -0.416 e. The van der Waals surface area contributed by atoms with Crippen LogP contribution >= 0.6 is 0 Å². The summed E-state index contributed by atoms with van der Waals surface area (Å²) in [5.74, 6) is 1.09. The van der Waals surface area contributed by atoms with Crippen LogP contribution in [0.4, 0.5) is 0 Å². The van der Waals surface area contributed by atoms with E-state index in [9.17, 15) is 0 Å². The van der Waals surface area contributed by atoms with Crippen molar-refractivity contribution in [2.75, 3.05) is 0 Å². The first-order chi connectivity index (χ1) is 13.0. The average Bonchev–Trinajstić information content (AvgIpc) is 3.18. The number of hydrogen-bond acceptors (Lipinski definition) is 3. The maximum absolute atomic E-state index is 5.92. The predicted molar refractivity (Wildman–Crippen MR) is 110 cm³/mol. The SMILES string of the molecule is CC(C)(C)c1ccc(-c2nnc(-c3ccc(C4=CCCC=C4)cc3)o2)cc1. The van der Waals surface area contributed by atoms with Crippen molar-refractivity contribution in [3.8, 4) is 22.9 Å². The van der Waals surface area contributed by atoms with Crippen molar-refractivity contribution in [2.45, 2.75) is 39.0 Å². The number of nitrogens with zero attached hydrogens (tertiary/aromatic N) is 2. The van der Waals surface area contributed by atoms with Crippen LogP contribution in [0.5, 0.6) is 0 Å². The van der Waals surface area contributed by atoms with Gasteiger partial charge in [0.15, 0.2) is 0 Å². The first-order valence-electron chi connectivity index (χ1n) is 9.43. The Labute approximate surface area is 160 Å². The van der Waals surface area contributed by atoms with E-state index in [4.69, 9.17) is 4.42 Å². The van der Waals surface area contributed by atoms with Gasteiger partial charge in [0, 0.05) is 11.1 Å². The van der Waals surface area contributed by atoms with Crippen LogP contribution in [0.1, 0.15) is 44.7 Å². The molecule has 27 heavy (non-hydrogen) atoms. The molecule has 0 spiro atoms. The number of rotatable bonds is 3. The lowest BCUT2D eigenvalue weighted by molar-refractivity contribution is 0.582. The number of allylic oxidation sites excluding steroid dienone is 4. The number of hydrogen-bond donors (Lipinski definition) is 0. The van der Waals surface area contributed by atoms with E-state index in [-0.39, 0.29) is 5.41 Å². The van der Waals surface area contributed by atoms with Crippen LogP contribution in [0.2, 0.25) is 0 Å². The lowest BCUT2D eigenvalue weighted by Crippen LogP contribution is -2.10. The zero-order valence-electron chi connectivity index (χ0n) is 16.1. The summed E-state index contributed by atoms with van der Waals surface area (Å²) in [6.45, 7) is 6.61. The molecule has 0 amide bonds. The van der Waals surface area contributed by atoms with Crippen LogP contribution in [-0.4, -0.2) is 10.2 Å². The molecule has 0 fully saturated rings. The third-order valence-electron chi connectivity index (χ3n) is 4.88. The smallest absolute Gasteiger partial charge is 0.248 e. The Balaban J connectivity index is 1.55. The molecule has 1 heterocycles. The van der Waals surface area contributed by atoms with E-state index < -0.39 is 0 Å². The summed E-state index contributed by atoms with van der Waals surface area (Å²) in [5.41, 5.74) is 5.78. The summed E-state index contributed by atoms with van der Waals surface area (Å²) in [4.78, 5) is 0. The average molecular weight is 356 g/mol. The molecule has 1 aromatic heterocycles. The summed E-state index contributed by atoms with van der Waals surface area (Å²) in [6, 6.07) is 16.6. The summed E-state index contributed by atoms with van der Waals surface area (Å²) >= 11 is 0. The largest absolute Gasteiger partial charge is 0.416 e. The Hall–Kier alpha value is -2.94. The topological polar surface area (TPSA) is 38.9 Å². The molecule has 0 saturated carbocycles. The van der Waals surface area contributed by atoms with Gasteiger partial charge in [0.2, 0.25) is 11.8 Å². The molecule has 3 aromatic rings. The Kier molecular flexibility index (Phi) is 4.53. The van der Waals surface area contributed by atoms with E-state index in [1.54, 1.807) is 0 Å². The fourth-order valence-electron chi connectivity index (χ4n) is 3.20. The normalized spacial score (nSPS) is 14.3. The van der Waals surface area contributed by atoms with Gasteiger partial charge in [0.1, 0.15) is 0 Å². The van der Waals surface area contributed by atoms with Crippen molar-refractivity contribution < 1.29 is 4.42 Å². The van der Waals surface area contributed by atoms with Crippen LogP contribution in [0.3, 0.4) is 0 Å². The quantitative estimate of drug-likeness (QED) is 0.542. The van der Waals surface area contributed by atoms with Crippen LogP contribution in [-0.2, 0) is 5.41 Å². The molecule has 136 valence electrons. The van der Waals surface area contributed by atoms with Gasteiger partial charge >= 0.3 is 0 Å². The number of benzene rings is 2. The molecular formula is C24H24N2O. The van der Waals surface area contributed by atoms with Gasteiger partial charge in [-0.15, -0.1) is 10.2 Å². The molecule has 4 rings (SSSR count). The molecule has 0 unspecified atom stereocenters. The Bertz CT molecular complexity index is 984. The predicted octanol–water partition coefficient (Wildman–Crippen LogP) is 6.43. The third kappa shape index (κ3) is 3.77. The molecule has 1 aliphatic carbocycles. The zero-order valence-corrected chi connectivity index (χ0v) is 16.1. The van der Waals surface area contributed by atoms with Crippen molar-refractivity contribution in [2.24, 2.45) is 0 Å². The van der Waals surface area contributed by atoms with E-state index in [2.05, 4.69) is 73.5 Å². The minimum atomic E-state index is 0.128. The Morgan fingerprint density at radius 2 is 1.30 bits per heavy atom. The fraction of sp³-hybridized carbons (Fsp3) is 0.250. The summed E-state index contributed by atoms with van der Waals surface area (Å²) in [6.07, 6.45) is 8.92. The van der Waals surface area contributed by atoms with Gasteiger partial charge in [0.25, 0.3) is 0 Å². The van der Waals surface area contributed by atoms with Crippen LogP contribution < -0.4 is 0 Å². The molecular weight excluding hydrogens is 332 g/mol. The molecule has 2 aromatic carbocycles. The number of aromatic nitrogens is 2. The second kappa shape index (κ2) is 6.99. The molecule has 0 atom stereocenters. The fourth-order valence-corrected chi connectivity index (χ4v) is 3.20. The van der Waals surface area contributed by atoms with Crippen molar-refractivity contribution >= 4 is 5.57 Å². The standard InChI is InChI=1S/C24H24N2O/c1-24(2,3)21-15-13-20(14-16-21)23-26-25-22(27-23)19-11-9-18(10-12-19)17-7-5-4-6-8-17/h5,7-16H,4,6H2,1-3H3. The van der Waals surface area contributed by atoms with Gasteiger partial charge in [-0.05, 0) is 59.2 Å². The highest BCUT2D eigenvalue weighted by molar-refractivity contribution is 5.76. The van der Waals surface area contributed by atoms with Gasteiger partial charge in [-0.3, -0.25) is 0 Å². The molecule has 3 heteroatoms. The third-order valence-corrected chi connectivity index (χ3v) is 4.88. The van der Waals surface area contributed by atoms with E-state index in [1.165, 1.54) is 16.7 Å². The van der Waals surface area contributed by atoms with E-state index >= 15 is 0 Å². The van der Waals surface area contributed by atoms with E-state index in [0.29, 0.717) is 11.8 Å². The van der Waals surface area contributed by atoms with Crippen LogP contribution in [0.25, 0.3) is 28.5 Å². The van der Waals surface area contributed by atoms with Gasteiger partial charge in [-0.2, -0.15) is 0 Å². The lowest BCUT2D eigenvalue weighted by atomic mass is 9.87. The highest BCUT2D eigenvalue weighted by Crippen LogP contribution is 2.29. The molecule has 0 bridgehead atoms. The van der Waals surface area contributed by atoms with Gasteiger partial charge < -0.3 is 4.42 Å². The molecule has 3 nitrogen and oxygen atoms in total. The maximum Gasteiger partial charge on any atom is 0.248 e. The second-order valence-electron chi connectivity index (χ2n) is 7.96. The first kappa shape index (κ1) is 17.5. The summed E-state index contributed by atoms with van der Waals surface area (Å²) in [5, 5.41) is 8.46. The van der Waals surface area contributed by atoms with E-state index in [1.807, 2.05) is 24.3 Å². The Morgan fingerprint density at radius 3 is 1.81 bits per heavy atom. The molecule has 1 aliphatic rings. The molecule has 0 radical (unpaired) electrons. The van der Waals surface area contributed by atoms with Crippen molar-refractivity contribution in [3.63, 3.8) is 0 Å². The summed E-state index contributed by atoms with van der Waals surface area (Å²) in [7, 11) is 0. The highest BCUT2D eigenvalue weighted by atomic mass is 16.4. The zero-order chi connectivity index (χ0) is 18.9. The van der Waals surface area contributed by atoms with Gasteiger partial charge in [0.05, 0.1) is 0 Å². The summed E-state index contributed by atoms with van der Waals surface area (Å²) < 4.78 is 5.92. The lowest BCUT2D eigenvalue weighted by Gasteiger charge is -2.18. The second-order valence-corrected chi connectivity index (χ2v) is 7.96. The van der Waals surface area contributed by atoms with Gasteiger partial charge in [-0.25, -0.2) is 0 Å². The van der Waals surface area contributed by atoms with Gasteiger partial charge in [-0.1, -0.05) is 63.3 Å². The highest BCUT2D eigenvalue weighted by Gasteiger charge is 2.15. The van der Waals surface area contributed by atoms with Crippen LogP contribution in [0.15, 0.2) is 71.2 Å². The first-order valence-corrected chi connectivity index (χ1v) is 9.43. The van der Waals surface area contributed by atoms with E-state index in [0.717, 1.165) is 24.0 Å². The monoisotopic (exact) mass is 356 g/mol. The van der Waals surface area contributed by atoms with Crippen LogP contribution in [0, 0.1) is 0 Å². The maximum atomic E-state index is 5.92. The Morgan fingerprint density at radius 1 is 0.741 bits per heavy atom. The van der Waals surface area contributed by atoms with Crippen molar-refractivity contribution in [3.05, 3.63) is 77.9 Å².